The van der Waals surface area contributed by atoms with Gasteiger partial charge in [0.05, 0.1) is 12.5 Å². The molecule has 1 saturated carbocycles. The van der Waals surface area contributed by atoms with E-state index < -0.39 is 0 Å². The van der Waals surface area contributed by atoms with E-state index in [1.165, 1.54) is 36.1 Å². The van der Waals surface area contributed by atoms with Crippen LogP contribution in [0.4, 0.5) is 4.39 Å². The predicted octanol–water partition coefficient (Wildman–Crippen LogP) is 4.55. The molecule has 1 aliphatic carbocycles. The van der Waals surface area contributed by atoms with E-state index in [-0.39, 0.29) is 23.2 Å². The van der Waals surface area contributed by atoms with Crippen molar-refractivity contribution in [1.29, 1.82) is 0 Å². The number of hydrogen-bond donors (Lipinski definition) is 0. The van der Waals surface area contributed by atoms with Crippen LogP contribution in [0.3, 0.4) is 0 Å². The summed E-state index contributed by atoms with van der Waals surface area (Å²) in [6, 6.07) is 10.5. The zero-order valence-electron chi connectivity index (χ0n) is 16.7. The molecule has 1 fully saturated rings. The molecule has 152 valence electrons. The standard InChI is InChI=1S/C24H26FNO3/c1-16-19-13-21-22(29-11-10-28-21)14-20(19)24(8-2-3-9-24)15-26(16)23(27)12-17-4-6-18(25)7-5-17/h4-7,13-14,16H,2-3,8-12,15H2,1H3. The van der Waals surface area contributed by atoms with E-state index in [2.05, 4.69) is 19.1 Å². The van der Waals surface area contributed by atoms with Gasteiger partial charge in [-0.25, -0.2) is 4.39 Å². The van der Waals surface area contributed by atoms with Gasteiger partial charge in [0.1, 0.15) is 19.0 Å². The zero-order chi connectivity index (χ0) is 20.0. The lowest BCUT2D eigenvalue weighted by molar-refractivity contribution is -0.134. The van der Waals surface area contributed by atoms with Crippen molar-refractivity contribution >= 4 is 5.91 Å². The lowest BCUT2D eigenvalue weighted by Crippen LogP contribution is -2.49. The lowest BCUT2D eigenvalue weighted by atomic mass is 9.71. The highest BCUT2D eigenvalue weighted by molar-refractivity contribution is 5.80. The Kier molecular flexibility index (Phi) is 4.49. The quantitative estimate of drug-likeness (QED) is 0.749. The van der Waals surface area contributed by atoms with Crippen molar-refractivity contribution in [3.05, 3.63) is 58.9 Å². The maximum absolute atomic E-state index is 13.3. The largest absolute Gasteiger partial charge is 0.486 e. The van der Waals surface area contributed by atoms with E-state index in [1.54, 1.807) is 12.1 Å². The molecule has 1 unspecified atom stereocenters. The van der Waals surface area contributed by atoms with Crippen LogP contribution in [0.15, 0.2) is 36.4 Å². The molecule has 0 radical (unpaired) electrons. The van der Waals surface area contributed by atoms with Crippen LogP contribution in [0.2, 0.25) is 0 Å². The fourth-order valence-corrected chi connectivity index (χ4v) is 5.29. The van der Waals surface area contributed by atoms with Crippen LogP contribution >= 0.6 is 0 Å². The maximum atomic E-state index is 13.3. The molecule has 5 heteroatoms. The van der Waals surface area contributed by atoms with Crippen LogP contribution in [-0.2, 0) is 16.6 Å². The number of amides is 1. The highest BCUT2D eigenvalue weighted by Gasteiger charge is 2.46. The zero-order valence-corrected chi connectivity index (χ0v) is 16.7. The number of halogens is 1. The fraction of sp³-hybridized carbons (Fsp3) is 0.458. The van der Waals surface area contributed by atoms with Crippen molar-refractivity contribution in [2.75, 3.05) is 19.8 Å². The molecule has 0 aromatic heterocycles. The summed E-state index contributed by atoms with van der Waals surface area (Å²) in [6.07, 6.45) is 4.84. The Balaban J connectivity index is 1.51. The van der Waals surface area contributed by atoms with Gasteiger partial charge in [-0.1, -0.05) is 25.0 Å². The first kappa shape index (κ1) is 18.5. The Morgan fingerprint density at radius 2 is 1.76 bits per heavy atom. The van der Waals surface area contributed by atoms with Crippen LogP contribution in [0.25, 0.3) is 0 Å². The van der Waals surface area contributed by atoms with E-state index in [9.17, 15) is 9.18 Å². The second-order valence-electron chi connectivity index (χ2n) is 8.57. The minimum atomic E-state index is -0.279. The third-order valence-electron chi connectivity index (χ3n) is 6.83. The van der Waals surface area contributed by atoms with E-state index in [0.717, 1.165) is 36.4 Å². The predicted molar refractivity (Wildman–Crippen MR) is 108 cm³/mol. The molecule has 0 saturated heterocycles. The van der Waals surface area contributed by atoms with E-state index >= 15 is 0 Å². The summed E-state index contributed by atoms with van der Waals surface area (Å²) in [5, 5.41) is 0. The molecule has 0 bridgehead atoms. The number of carbonyl (C=O) groups excluding carboxylic acids is 1. The molecule has 5 rings (SSSR count). The van der Waals surface area contributed by atoms with Crippen LogP contribution in [0.5, 0.6) is 11.5 Å². The summed E-state index contributed by atoms with van der Waals surface area (Å²) >= 11 is 0. The number of ether oxygens (including phenoxy) is 2. The van der Waals surface area contributed by atoms with E-state index in [4.69, 9.17) is 9.47 Å². The van der Waals surface area contributed by atoms with E-state index in [0.29, 0.717) is 19.6 Å². The molecule has 1 amide bonds. The van der Waals surface area contributed by atoms with Crippen molar-refractivity contribution in [3.63, 3.8) is 0 Å². The van der Waals surface area contributed by atoms with Crippen molar-refractivity contribution in [3.8, 4) is 11.5 Å². The molecule has 4 nitrogen and oxygen atoms in total. The molecule has 1 spiro atoms. The first-order valence-electron chi connectivity index (χ1n) is 10.5. The molecule has 2 heterocycles. The average Bonchev–Trinajstić information content (AvgIpc) is 3.21. The minimum absolute atomic E-state index is 0.00383. The van der Waals surface area contributed by atoms with Crippen molar-refractivity contribution < 1.29 is 18.7 Å². The molecule has 0 N–H and O–H groups in total. The second-order valence-corrected chi connectivity index (χ2v) is 8.57. The van der Waals surface area contributed by atoms with Gasteiger partial charge in [-0.3, -0.25) is 4.79 Å². The van der Waals surface area contributed by atoms with Gasteiger partial charge in [0.2, 0.25) is 5.91 Å². The van der Waals surface area contributed by atoms with Crippen LogP contribution < -0.4 is 9.47 Å². The van der Waals surface area contributed by atoms with Crippen LogP contribution in [-0.4, -0.2) is 30.6 Å². The molecule has 2 aliphatic heterocycles. The third-order valence-corrected chi connectivity index (χ3v) is 6.83. The number of hydrogen-bond acceptors (Lipinski definition) is 3. The van der Waals surface area contributed by atoms with Crippen molar-refractivity contribution in [2.45, 2.75) is 50.5 Å². The fourth-order valence-electron chi connectivity index (χ4n) is 5.29. The Morgan fingerprint density at radius 3 is 2.45 bits per heavy atom. The monoisotopic (exact) mass is 395 g/mol. The molecule has 2 aromatic carbocycles. The highest BCUT2D eigenvalue weighted by Crippen LogP contribution is 2.52. The summed E-state index contributed by atoms with van der Waals surface area (Å²) in [5.41, 5.74) is 3.35. The van der Waals surface area contributed by atoms with Gasteiger partial charge in [0.25, 0.3) is 0 Å². The number of nitrogens with zero attached hydrogens (tertiary/aromatic N) is 1. The molecule has 3 aliphatic rings. The summed E-state index contributed by atoms with van der Waals surface area (Å²) in [6.45, 7) is 3.97. The Labute approximate surface area is 170 Å². The second kappa shape index (κ2) is 7.05. The smallest absolute Gasteiger partial charge is 0.227 e. The number of fused-ring (bicyclic) bond motifs is 3. The van der Waals surface area contributed by atoms with Gasteiger partial charge < -0.3 is 14.4 Å². The first-order chi connectivity index (χ1) is 14.1. The molecular weight excluding hydrogens is 369 g/mol. The van der Waals surface area contributed by atoms with Gasteiger partial charge in [-0.05, 0) is 60.7 Å². The first-order valence-corrected chi connectivity index (χ1v) is 10.5. The van der Waals surface area contributed by atoms with Gasteiger partial charge in [0, 0.05) is 12.0 Å². The third kappa shape index (κ3) is 3.17. The molecular formula is C24H26FNO3. The van der Waals surface area contributed by atoms with Gasteiger partial charge >= 0.3 is 0 Å². The van der Waals surface area contributed by atoms with Crippen LogP contribution in [0, 0.1) is 5.82 Å². The topological polar surface area (TPSA) is 38.8 Å². The molecule has 29 heavy (non-hydrogen) atoms. The molecule has 2 aromatic rings. The number of benzene rings is 2. The van der Waals surface area contributed by atoms with Gasteiger partial charge in [0.15, 0.2) is 11.5 Å². The summed E-state index contributed by atoms with van der Waals surface area (Å²) in [5.74, 6) is 1.43. The number of rotatable bonds is 2. The number of carbonyl (C=O) groups is 1. The van der Waals surface area contributed by atoms with Gasteiger partial charge in [-0.15, -0.1) is 0 Å². The molecule has 1 atom stereocenters. The Bertz CT molecular complexity index is 934. The minimum Gasteiger partial charge on any atom is -0.486 e. The average molecular weight is 395 g/mol. The van der Waals surface area contributed by atoms with E-state index in [1.807, 2.05) is 4.90 Å². The summed E-state index contributed by atoms with van der Waals surface area (Å²) in [7, 11) is 0. The Morgan fingerprint density at radius 1 is 1.10 bits per heavy atom. The summed E-state index contributed by atoms with van der Waals surface area (Å²) in [4.78, 5) is 15.3. The lowest BCUT2D eigenvalue weighted by Gasteiger charge is -2.46. The van der Waals surface area contributed by atoms with Gasteiger partial charge in [-0.2, -0.15) is 0 Å². The normalized spacial score (nSPS) is 21.9. The Hall–Kier alpha value is -2.56. The SMILES string of the molecule is CC1c2cc3c(cc2C2(CCCC2)CN1C(=O)Cc1ccc(F)cc1)OCCO3. The summed E-state index contributed by atoms with van der Waals surface area (Å²) < 4.78 is 24.9. The van der Waals surface area contributed by atoms with Crippen molar-refractivity contribution in [1.82, 2.24) is 4.90 Å². The van der Waals surface area contributed by atoms with Crippen LogP contribution in [0.1, 0.15) is 55.3 Å². The highest BCUT2D eigenvalue weighted by atomic mass is 19.1. The maximum Gasteiger partial charge on any atom is 0.227 e. The van der Waals surface area contributed by atoms with Crippen molar-refractivity contribution in [2.24, 2.45) is 0 Å².